The Bertz CT molecular complexity index is 937. The number of hydrogen-bond acceptors (Lipinski definition) is 6. The highest BCUT2D eigenvalue weighted by atomic mass is 32.1. The molecule has 146 valence electrons. The number of anilines is 1. The minimum atomic E-state index is -0.273. The van der Waals surface area contributed by atoms with E-state index in [0.717, 1.165) is 22.1 Å². The summed E-state index contributed by atoms with van der Waals surface area (Å²) in [6, 6.07) is 9.90. The molecule has 0 spiro atoms. The summed E-state index contributed by atoms with van der Waals surface area (Å²) >= 11 is 1.57. The number of hydrogen-bond donors (Lipinski definition) is 1. The number of benzene rings is 1. The first-order valence-corrected chi connectivity index (χ1v) is 10.1. The minimum Gasteiger partial charge on any atom is -0.373 e. The maximum atomic E-state index is 12.8. The largest absolute Gasteiger partial charge is 0.373 e. The van der Waals surface area contributed by atoms with E-state index in [0.29, 0.717) is 19.6 Å². The van der Waals surface area contributed by atoms with Crippen molar-refractivity contribution in [1.82, 2.24) is 20.1 Å². The van der Waals surface area contributed by atoms with Gasteiger partial charge in [-0.2, -0.15) is 5.10 Å². The second kappa shape index (κ2) is 8.12. The van der Waals surface area contributed by atoms with Crippen LogP contribution in [0.5, 0.6) is 0 Å². The van der Waals surface area contributed by atoms with E-state index in [4.69, 9.17) is 4.74 Å². The van der Waals surface area contributed by atoms with Crippen molar-refractivity contribution in [3.8, 4) is 5.69 Å². The van der Waals surface area contributed by atoms with E-state index in [-0.39, 0.29) is 17.9 Å². The minimum absolute atomic E-state index is 0.00522. The van der Waals surface area contributed by atoms with Crippen LogP contribution in [0.1, 0.15) is 23.8 Å². The van der Waals surface area contributed by atoms with Gasteiger partial charge in [0, 0.05) is 37.8 Å². The summed E-state index contributed by atoms with van der Waals surface area (Å²) in [6.45, 7) is 0.996. The highest BCUT2D eigenvalue weighted by molar-refractivity contribution is 7.13. The average molecular weight is 398 g/mol. The van der Waals surface area contributed by atoms with Gasteiger partial charge in [0.2, 0.25) is 5.91 Å². The van der Waals surface area contributed by atoms with E-state index in [9.17, 15) is 4.79 Å². The predicted molar refractivity (Wildman–Crippen MR) is 109 cm³/mol. The van der Waals surface area contributed by atoms with Gasteiger partial charge >= 0.3 is 0 Å². The van der Waals surface area contributed by atoms with Crippen LogP contribution >= 0.6 is 11.3 Å². The molecule has 8 heteroatoms. The number of carbonyl (C=O) groups is 1. The molecule has 3 heterocycles. The zero-order chi connectivity index (χ0) is 19.5. The molecule has 7 nitrogen and oxygen atoms in total. The number of nitrogens with zero attached hydrogens (tertiary/aromatic N) is 4. The Morgan fingerprint density at radius 2 is 2.18 bits per heavy atom. The molecular formula is C20H23N5O2S. The van der Waals surface area contributed by atoms with Crippen molar-refractivity contribution in [3.05, 3.63) is 59.4 Å². The van der Waals surface area contributed by atoms with Crippen molar-refractivity contribution in [3.63, 3.8) is 0 Å². The molecular weight excluding hydrogens is 374 g/mol. The van der Waals surface area contributed by atoms with Crippen molar-refractivity contribution >= 4 is 22.4 Å². The molecule has 1 aliphatic rings. The first kappa shape index (κ1) is 18.6. The Kier molecular flexibility index (Phi) is 5.40. The zero-order valence-electron chi connectivity index (χ0n) is 15.9. The molecule has 1 fully saturated rings. The lowest BCUT2D eigenvalue weighted by molar-refractivity contribution is -0.127. The van der Waals surface area contributed by atoms with Gasteiger partial charge < -0.3 is 15.0 Å². The Morgan fingerprint density at radius 3 is 2.93 bits per heavy atom. The highest BCUT2D eigenvalue weighted by Crippen LogP contribution is 2.35. The monoisotopic (exact) mass is 397 g/mol. The highest BCUT2D eigenvalue weighted by Gasteiger charge is 2.36. The quantitative estimate of drug-likeness (QED) is 0.692. The number of rotatable bonds is 6. The van der Waals surface area contributed by atoms with Crippen LogP contribution in [0.15, 0.2) is 48.1 Å². The molecule has 1 amide bonds. The number of thiazole rings is 1. The molecule has 0 aliphatic carbocycles. The molecule has 1 saturated heterocycles. The third-order valence-corrected chi connectivity index (χ3v) is 5.80. The third kappa shape index (κ3) is 3.93. The fourth-order valence-corrected chi connectivity index (χ4v) is 4.04. The van der Waals surface area contributed by atoms with E-state index in [1.165, 1.54) is 0 Å². The van der Waals surface area contributed by atoms with Crippen molar-refractivity contribution in [1.29, 1.82) is 0 Å². The van der Waals surface area contributed by atoms with Crippen molar-refractivity contribution in [2.45, 2.75) is 19.1 Å². The second-order valence-corrected chi connectivity index (χ2v) is 7.81. The van der Waals surface area contributed by atoms with Gasteiger partial charge in [-0.15, -0.1) is 11.3 Å². The summed E-state index contributed by atoms with van der Waals surface area (Å²) in [5, 5.41) is 10.3. The average Bonchev–Trinajstić information content (AvgIpc) is 3.46. The number of para-hydroxylation sites is 1. The standard InChI is InChI=1S/C20H23N5O2S/c1-24(2)20-23-15(13-28-20)11-21-19(26)17-8-9-27-18(17)14-10-22-25(12-14)16-6-4-3-5-7-16/h3-7,10,12-13,17-18H,8-9,11H2,1-2H3,(H,21,26)/t17-,18+/m0/s1. The molecule has 1 aliphatic heterocycles. The lowest BCUT2D eigenvalue weighted by Crippen LogP contribution is -2.32. The van der Waals surface area contributed by atoms with Crippen LogP contribution in [-0.2, 0) is 16.1 Å². The summed E-state index contributed by atoms with van der Waals surface area (Å²) in [6.07, 6.45) is 4.15. The fraction of sp³-hybridized carbons (Fsp3) is 0.350. The number of ether oxygens (including phenoxy) is 1. The molecule has 1 aromatic carbocycles. The molecule has 4 rings (SSSR count). The SMILES string of the molecule is CN(C)c1nc(CNC(=O)[C@H]2CCO[C@@H]2c2cnn(-c3ccccc3)c2)cs1. The molecule has 0 radical (unpaired) electrons. The van der Waals surface area contributed by atoms with Crippen LogP contribution in [0, 0.1) is 5.92 Å². The van der Waals surface area contributed by atoms with Gasteiger partial charge in [0.15, 0.2) is 5.13 Å². The Hall–Kier alpha value is -2.71. The Balaban J connectivity index is 1.41. The molecule has 28 heavy (non-hydrogen) atoms. The third-order valence-electron chi connectivity index (χ3n) is 4.75. The maximum absolute atomic E-state index is 12.8. The fourth-order valence-electron chi connectivity index (χ4n) is 3.28. The lowest BCUT2D eigenvalue weighted by Gasteiger charge is -2.16. The summed E-state index contributed by atoms with van der Waals surface area (Å²) in [5.74, 6) is -0.227. The second-order valence-electron chi connectivity index (χ2n) is 6.97. The lowest BCUT2D eigenvalue weighted by atomic mass is 9.96. The van der Waals surface area contributed by atoms with E-state index < -0.39 is 0 Å². The summed E-state index contributed by atoms with van der Waals surface area (Å²) in [4.78, 5) is 19.2. The smallest absolute Gasteiger partial charge is 0.226 e. The van der Waals surface area contributed by atoms with Crippen LogP contribution < -0.4 is 10.2 Å². The van der Waals surface area contributed by atoms with Gasteiger partial charge in [0.25, 0.3) is 0 Å². The van der Waals surface area contributed by atoms with Gasteiger partial charge in [-0.05, 0) is 18.6 Å². The zero-order valence-corrected chi connectivity index (χ0v) is 16.7. The topological polar surface area (TPSA) is 72.3 Å². The van der Waals surface area contributed by atoms with Crippen LogP contribution in [0.25, 0.3) is 5.69 Å². The number of carbonyl (C=O) groups excluding carboxylic acids is 1. The molecule has 1 N–H and O–H groups in total. The molecule has 0 saturated carbocycles. The molecule has 0 unspecified atom stereocenters. The first-order valence-electron chi connectivity index (χ1n) is 9.23. The molecule has 3 aromatic rings. The summed E-state index contributed by atoms with van der Waals surface area (Å²) in [5.41, 5.74) is 2.77. The van der Waals surface area contributed by atoms with Crippen molar-refractivity contribution in [2.75, 3.05) is 25.6 Å². The van der Waals surface area contributed by atoms with Crippen LogP contribution in [0.4, 0.5) is 5.13 Å². The van der Waals surface area contributed by atoms with Crippen molar-refractivity contribution < 1.29 is 9.53 Å². The number of aromatic nitrogens is 3. The molecule has 0 bridgehead atoms. The normalized spacial score (nSPS) is 18.9. The predicted octanol–water partition coefficient (Wildman–Crippen LogP) is 2.79. The van der Waals surface area contributed by atoms with Gasteiger partial charge in [-0.25, -0.2) is 9.67 Å². The van der Waals surface area contributed by atoms with Gasteiger partial charge in [-0.1, -0.05) is 18.2 Å². The Morgan fingerprint density at radius 1 is 1.36 bits per heavy atom. The van der Waals surface area contributed by atoms with Crippen LogP contribution in [-0.4, -0.2) is 41.4 Å². The number of amides is 1. The van der Waals surface area contributed by atoms with E-state index >= 15 is 0 Å². The van der Waals surface area contributed by atoms with Crippen LogP contribution in [0.2, 0.25) is 0 Å². The maximum Gasteiger partial charge on any atom is 0.226 e. The van der Waals surface area contributed by atoms with Gasteiger partial charge in [0.05, 0.1) is 36.1 Å². The van der Waals surface area contributed by atoms with E-state index in [1.807, 2.05) is 65.6 Å². The Labute approximate surface area is 168 Å². The molecule has 2 atom stereocenters. The van der Waals surface area contributed by atoms with Gasteiger partial charge in [-0.3, -0.25) is 4.79 Å². The van der Waals surface area contributed by atoms with E-state index in [2.05, 4.69) is 15.4 Å². The van der Waals surface area contributed by atoms with Crippen molar-refractivity contribution in [2.24, 2.45) is 5.92 Å². The summed E-state index contributed by atoms with van der Waals surface area (Å²) in [7, 11) is 3.91. The van der Waals surface area contributed by atoms with E-state index in [1.54, 1.807) is 17.5 Å². The summed E-state index contributed by atoms with van der Waals surface area (Å²) < 4.78 is 7.68. The first-order chi connectivity index (χ1) is 13.6. The van der Waals surface area contributed by atoms with Gasteiger partial charge in [0.1, 0.15) is 0 Å². The number of nitrogens with one attached hydrogen (secondary N) is 1. The van der Waals surface area contributed by atoms with Crippen LogP contribution in [0.3, 0.4) is 0 Å². The molecule has 2 aromatic heterocycles.